The van der Waals surface area contributed by atoms with E-state index in [1.807, 2.05) is 17.5 Å². The minimum Gasteiger partial charge on any atom is -0.356 e. The summed E-state index contributed by atoms with van der Waals surface area (Å²) in [6.45, 7) is 4.97. The standard InChI is InChI=1S/C19H24N6O2S/c1-3-14(15-13-28-18(23-15)24-17-20-7-2-8-21-17)22-16(4-1)25-9-5-19(6-10-25)26-11-12-27-19/h1,3-4,13H,2,5-12H2,(H2,20,21,23,24). The Hall–Kier alpha value is -2.23. The van der Waals surface area contributed by atoms with Gasteiger partial charge in [-0.2, -0.15) is 0 Å². The van der Waals surface area contributed by atoms with E-state index in [2.05, 4.69) is 31.6 Å². The number of piperidine rings is 1. The molecule has 0 amide bonds. The second-order valence-electron chi connectivity index (χ2n) is 7.15. The molecule has 0 aromatic carbocycles. The van der Waals surface area contributed by atoms with Gasteiger partial charge in [-0.05, 0) is 18.6 Å². The molecule has 3 aliphatic heterocycles. The second kappa shape index (κ2) is 7.65. The Morgan fingerprint density at radius 2 is 1.96 bits per heavy atom. The summed E-state index contributed by atoms with van der Waals surface area (Å²) < 4.78 is 11.6. The van der Waals surface area contributed by atoms with E-state index in [1.165, 1.54) is 0 Å². The van der Waals surface area contributed by atoms with E-state index in [-0.39, 0.29) is 5.79 Å². The van der Waals surface area contributed by atoms with Crippen molar-refractivity contribution in [3.05, 3.63) is 23.6 Å². The van der Waals surface area contributed by atoms with Gasteiger partial charge in [-0.15, -0.1) is 11.3 Å². The summed E-state index contributed by atoms with van der Waals surface area (Å²) in [7, 11) is 0. The molecular weight excluding hydrogens is 376 g/mol. The normalized spacial score (nSPS) is 21.4. The van der Waals surface area contributed by atoms with Crippen molar-refractivity contribution < 1.29 is 9.47 Å². The molecule has 0 radical (unpaired) electrons. The molecule has 0 aliphatic carbocycles. The van der Waals surface area contributed by atoms with Crippen LogP contribution in [0, 0.1) is 0 Å². The Balaban J connectivity index is 1.27. The summed E-state index contributed by atoms with van der Waals surface area (Å²) in [5, 5.41) is 9.37. The number of hydrogen-bond donors (Lipinski definition) is 2. The molecule has 28 heavy (non-hydrogen) atoms. The number of nitrogens with zero attached hydrogens (tertiary/aromatic N) is 4. The minimum absolute atomic E-state index is 0.362. The summed E-state index contributed by atoms with van der Waals surface area (Å²) in [5.74, 6) is 1.41. The maximum absolute atomic E-state index is 5.82. The summed E-state index contributed by atoms with van der Waals surface area (Å²) in [4.78, 5) is 16.3. The Morgan fingerprint density at radius 1 is 1.11 bits per heavy atom. The quantitative estimate of drug-likeness (QED) is 0.818. The van der Waals surface area contributed by atoms with E-state index in [9.17, 15) is 0 Å². The molecule has 2 saturated heterocycles. The molecule has 3 aliphatic rings. The summed E-state index contributed by atoms with van der Waals surface area (Å²) >= 11 is 1.56. The molecule has 0 saturated carbocycles. The van der Waals surface area contributed by atoms with Crippen molar-refractivity contribution in [1.82, 2.24) is 15.3 Å². The fraction of sp³-hybridized carbons (Fsp3) is 0.526. The largest absolute Gasteiger partial charge is 0.356 e. The van der Waals surface area contributed by atoms with Crippen LogP contribution in [-0.4, -0.2) is 61.1 Å². The highest BCUT2D eigenvalue weighted by Gasteiger charge is 2.40. The molecule has 1 spiro atoms. The van der Waals surface area contributed by atoms with Gasteiger partial charge in [-0.3, -0.25) is 4.99 Å². The Bertz CT molecular complexity index is 854. The Labute approximate surface area is 168 Å². The summed E-state index contributed by atoms with van der Waals surface area (Å²) in [5.41, 5.74) is 1.76. The fourth-order valence-corrected chi connectivity index (χ4v) is 4.47. The van der Waals surface area contributed by atoms with Crippen molar-refractivity contribution in [3.8, 4) is 11.4 Å². The zero-order chi connectivity index (χ0) is 18.8. The summed E-state index contributed by atoms with van der Waals surface area (Å²) in [6, 6.07) is 6.11. The van der Waals surface area contributed by atoms with Gasteiger partial charge in [0.05, 0.1) is 18.9 Å². The van der Waals surface area contributed by atoms with Crippen LogP contribution < -0.4 is 15.5 Å². The predicted molar refractivity (Wildman–Crippen MR) is 110 cm³/mol. The highest BCUT2D eigenvalue weighted by molar-refractivity contribution is 7.14. The predicted octanol–water partition coefficient (Wildman–Crippen LogP) is 2.31. The average molecular weight is 401 g/mol. The number of hydrogen-bond acceptors (Lipinski definition) is 9. The molecule has 9 heteroatoms. The fourth-order valence-electron chi connectivity index (χ4n) is 3.77. The van der Waals surface area contributed by atoms with Crippen molar-refractivity contribution in [2.75, 3.05) is 49.6 Å². The molecule has 2 N–H and O–H groups in total. The smallest absolute Gasteiger partial charge is 0.197 e. The lowest BCUT2D eigenvalue weighted by molar-refractivity contribution is -0.169. The van der Waals surface area contributed by atoms with Gasteiger partial charge in [0.15, 0.2) is 16.9 Å². The number of aromatic nitrogens is 2. The zero-order valence-corrected chi connectivity index (χ0v) is 16.5. The molecule has 2 fully saturated rings. The van der Waals surface area contributed by atoms with Crippen LogP contribution in [0.4, 0.5) is 10.9 Å². The first-order chi connectivity index (χ1) is 13.8. The van der Waals surface area contributed by atoms with Gasteiger partial charge in [-0.1, -0.05) is 6.07 Å². The van der Waals surface area contributed by atoms with Crippen LogP contribution in [0.2, 0.25) is 0 Å². The topological polar surface area (TPSA) is 83.9 Å². The molecular formula is C19H24N6O2S. The van der Waals surface area contributed by atoms with E-state index >= 15 is 0 Å². The lowest BCUT2D eigenvalue weighted by Crippen LogP contribution is -2.45. The van der Waals surface area contributed by atoms with Crippen LogP contribution in [0.1, 0.15) is 19.3 Å². The molecule has 0 atom stereocenters. The number of ether oxygens (including phenoxy) is 2. The zero-order valence-electron chi connectivity index (χ0n) is 15.7. The van der Waals surface area contributed by atoms with Gasteiger partial charge in [-0.25, -0.2) is 9.97 Å². The van der Waals surface area contributed by atoms with Crippen LogP contribution in [0.5, 0.6) is 0 Å². The van der Waals surface area contributed by atoms with E-state index in [1.54, 1.807) is 11.3 Å². The van der Waals surface area contributed by atoms with Crippen molar-refractivity contribution >= 4 is 28.2 Å². The van der Waals surface area contributed by atoms with Gasteiger partial charge in [0, 0.05) is 44.4 Å². The van der Waals surface area contributed by atoms with E-state index in [0.717, 1.165) is 73.7 Å². The number of thiazole rings is 1. The number of pyridine rings is 1. The molecule has 0 bridgehead atoms. The first kappa shape index (κ1) is 17.8. The maximum atomic E-state index is 5.82. The van der Waals surface area contributed by atoms with E-state index in [0.29, 0.717) is 13.2 Å². The molecule has 5 heterocycles. The van der Waals surface area contributed by atoms with Crippen molar-refractivity contribution in [1.29, 1.82) is 0 Å². The molecule has 2 aromatic heterocycles. The number of nitrogens with one attached hydrogen (secondary N) is 2. The summed E-state index contributed by atoms with van der Waals surface area (Å²) in [6.07, 6.45) is 2.82. The third kappa shape index (κ3) is 3.69. The molecule has 0 unspecified atom stereocenters. The van der Waals surface area contributed by atoms with Gasteiger partial charge in [0.1, 0.15) is 11.5 Å². The van der Waals surface area contributed by atoms with Crippen LogP contribution in [-0.2, 0) is 9.47 Å². The monoisotopic (exact) mass is 400 g/mol. The lowest BCUT2D eigenvalue weighted by atomic mass is 10.0. The number of anilines is 2. The van der Waals surface area contributed by atoms with Crippen molar-refractivity contribution in [3.63, 3.8) is 0 Å². The maximum Gasteiger partial charge on any atom is 0.197 e. The van der Waals surface area contributed by atoms with E-state index in [4.69, 9.17) is 14.5 Å². The van der Waals surface area contributed by atoms with Gasteiger partial charge >= 0.3 is 0 Å². The minimum atomic E-state index is -0.362. The molecule has 8 nitrogen and oxygen atoms in total. The van der Waals surface area contributed by atoms with Crippen molar-refractivity contribution in [2.45, 2.75) is 25.0 Å². The molecule has 148 valence electrons. The Morgan fingerprint density at radius 3 is 2.75 bits per heavy atom. The second-order valence-corrected chi connectivity index (χ2v) is 8.01. The highest BCUT2D eigenvalue weighted by Crippen LogP contribution is 2.33. The third-order valence-electron chi connectivity index (χ3n) is 5.29. The van der Waals surface area contributed by atoms with Crippen LogP contribution in [0.15, 0.2) is 28.6 Å². The van der Waals surface area contributed by atoms with Crippen LogP contribution in [0.25, 0.3) is 11.4 Å². The molecule has 2 aromatic rings. The lowest BCUT2D eigenvalue weighted by Gasteiger charge is -2.38. The number of guanidine groups is 1. The van der Waals surface area contributed by atoms with E-state index < -0.39 is 0 Å². The Kier molecular flexibility index (Phi) is 4.87. The van der Waals surface area contributed by atoms with Crippen molar-refractivity contribution in [2.24, 2.45) is 4.99 Å². The molecule has 5 rings (SSSR count). The first-order valence-electron chi connectivity index (χ1n) is 9.81. The van der Waals surface area contributed by atoms with Gasteiger partial charge < -0.3 is 25.0 Å². The highest BCUT2D eigenvalue weighted by atomic mass is 32.1. The number of aliphatic imine (C=N–C) groups is 1. The average Bonchev–Trinajstić information content (AvgIpc) is 3.40. The SMILES string of the molecule is c1cc(-c2csc(NC3=NCCCN3)n2)nc(N2CCC3(CC2)OCCO3)c1. The van der Waals surface area contributed by atoms with Crippen LogP contribution in [0.3, 0.4) is 0 Å². The third-order valence-corrected chi connectivity index (χ3v) is 6.04. The number of rotatable bonds is 3. The van der Waals surface area contributed by atoms with Crippen LogP contribution >= 0.6 is 11.3 Å². The van der Waals surface area contributed by atoms with Gasteiger partial charge in [0.2, 0.25) is 0 Å². The van der Waals surface area contributed by atoms with Gasteiger partial charge in [0.25, 0.3) is 0 Å². The first-order valence-corrected chi connectivity index (χ1v) is 10.7.